The van der Waals surface area contributed by atoms with Gasteiger partial charge >= 0.3 is 0 Å². The average molecular weight is 302 g/mol. The van der Waals surface area contributed by atoms with Crippen LogP contribution in [0.4, 0.5) is 0 Å². The van der Waals surface area contributed by atoms with Gasteiger partial charge in [-0.3, -0.25) is 0 Å². The van der Waals surface area contributed by atoms with Crippen molar-refractivity contribution in [2.24, 2.45) is 0 Å². The third-order valence-corrected chi connectivity index (χ3v) is 4.79. The van der Waals surface area contributed by atoms with Crippen LogP contribution in [0.2, 0.25) is 0 Å². The van der Waals surface area contributed by atoms with Crippen LogP contribution >= 0.6 is 12.4 Å². The number of piperazine rings is 1. The van der Waals surface area contributed by atoms with Gasteiger partial charge in [0.05, 0.1) is 16.5 Å². The van der Waals surface area contributed by atoms with Crippen LogP contribution in [0.1, 0.15) is 12.5 Å². The summed E-state index contributed by atoms with van der Waals surface area (Å²) < 4.78 is 26.2. The molecule has 1 N–H and O–H groups in total. The molecule has 1 aliphatic heterocycles. The number of benzene rings is 1. The van der Waals surface area contributed by atoms with E-state index in [0.29, 0.717) is 25.2 Å². The summed E-state index contributed by atoms with van der Waals surface area (Å²) in [5, 5.41) is 12.0. The van der Waals surface area contributed by atoms with Gasteiger partial charge in [0.25, 0.3) is 0 Å². The van der Waals surface area contributed by atoms with Crippen LogP contribution in [-0.2, 0) is 10.0 Å². The van der Waals surface area contributed by atoms with Crippen molar-refractivity contribution >= 4 is 22.4 Å². The Morgan fingerprint density at radius 3 is 2.84 bits per heavy atom. The minimum absolute atomic E-state index is 0. The van der Waals surface area contributed by atoms with E-state index in [0.717, 1.165) is 0 Å². The number of hydrogen-bond acceptors (Lipinski definition) is 4. The second kappa shape index (κ2) is 6.35. The highest BCUT2D eigenvalue weighted by Crippen LogP contribution is 2.18. The summed E-state index contributed by atoms with van der Waals surface area (Å²) in [6.07, 6.45) is 0. The molecule has 19 heavy (non-hydrogen) atoms. The Bertz CT molecular complexity index is 583. The molecule has 1 aliphatic rings. The van der Waals surface area contributed by atoms with Crippen LogP contribution in [0.3, 0.4) is 0 Å². The topological polar surface area (TPSA) is 73.2 Å². The highest BCUT2D eigenvalue weighted by molar-refractivity contribution is 7.89. The molecule has 1 heterocycles. The molecule has 5 nitrogen and oxygen atoms in total. The van der Waals surface area contributed by atoms with E-state index < -0.39 is 10.0 Å². The largest absolute Gasteiger partial charge is 0.312 e. The molecule has 1 aromatic rings. The van der Waals surface area contributed by atoms with Crippen LogP contribution in [0.15, 0.2) is 29.2 Å². The quantitative estimate of drug-likeness (QED) is 0.883. The number of nitrogens with one attached hydrogen (secondary N) is 1. The number of nitriles is 1. The van der Waals surface area contributed by atoms with Gasteiger partial charge in [-0.05, 0) is 25.1 Å². The molecule has 0 amide bonds. The molecule has 1 unspecified atom stereocenters. The van der Waals surface area contributed by atoms with Gasteiger partial charge < -0.3 is 5.32 Å². The Hall–Kier alpha value is -1.13. The van der Waals surface area contributed by atoms with Crippen molar-refractivity contribution in [3.05, 3.63) is 29.8 Å². The first kappa shape index (κ1) is 15.9. The van der Waals surface area contributed by atoms with Gasteiger partial charge in [0.1, 0.15) is 0 Å². The average Bonchev–Trinajstić information content (AvgIpc) is 2.39. The fraction of sp³-hybridized carbons (Fsp3) is 0.417. The molecule has 7 heteroatoms. The summed E-state index contributed by atoms with van der Waals surface area (Å²) in [7, 11) is -3.49. The Balaban J connectivity index is 0.00000180. The van der Waals surface area contributed by atoms with E-state index in [-0.39, 0.29) is 23.3 Å². The second-order valence-corrected chi connectivity index (χ2v) is 6.30. The van der Waals surface area contributed by atoms with E-state index in [1.165, 1.54) is 16.4 Å². The molecular weight excluding hydrogens is 286 g/mol. The normalized spacial score (nSPS) is 20.3. The Kier molecular flexibility index (Phi) is 5.32. The molecule has 2 rings (SSSR count). The molecule has 0 aromatic heterocycles. The first-order valence-electron chi connectivity index (χ1n) is 5.78. The van der Waals surface area contributed by atoms with E-state index in [1.54, 1.807) is 12.1 Å². The van der Waals surface area contributed by atoms with Crippen LogP contribution in [0, 0.1) is 11.3 Å². The van der Waals surface area contributed by atoms with Gasteiger partial charge in [-0.25, -0.2) is 8.42 Å². The molecule has 0 saturated carbocycles. The molecular formula is C12H16ClN3O2S. The SMILES string of the molecule is CC1CN(S(=O)(=O)c2cccc(C#N)c2)CCN1.Cl. The van der Waals surface area contributed by atoms with Crippen molar-refractivity contribution in [1.29, 1.82) is 5.26 Å². The lowest BCUT2D eigenvalue weighted by atomic mass is 10.2. The molecule has 0 radical (unpaired) electrons. The molecule has 1 atom stereocenters. The van der Waals surface area contributed by atoms with Gasteiger partial charge in [-0.2, -0.15) is 9.57 Å². The molecule has 0 spiro atoms. The first-order chi connectivity index (χ1) is 8.54. The summed E-state index contributed by atoms with van der Waals surface area (Å²) in [4.78, 5) is 0.190. The van der Waals surface area contributed by atoms with Crippen molar-refractivity contribution in [3.63, 3.8) is 0 Å². The summed E-state index contributed by atoms with van der Waals surface area (Å²) in [6.45, 7) is 3.52. The maximum absolute atomic E-state index is 12.4. The van der Waals surface area contributed by atoms with E-state index in [4.69, 9.17) is 5.26 Å². The standard InChI is InChI=1S/C12H15N3O2S.ClH/c1-10-9-15(6-5-14-10)18(16,17)12-4-2-3-11(7-12)8-13;/h2-4,7,10,14H,5-6,9H2,1H3;1H. The zero-order valence-electron chi connectivity index (χ0n) is 10.5. The predicted molar refractivity (Wildman–Crippen MR) is 74.6 cm³/mol. The third kappa shape index (κ3) is 3.45. The minimum atomic E-state index is -3.49. The Labute approximate surface area is 119 Å². The van der Waals surface area contributed by atoms with Crippen LogP contribution < -0.4 is 5.32 Å². The van der Waals surface area contributed by atoms with Gasteiger partial charge in [-0.15, -0.1) is 12.4 Å². The van der Waals surface area contributed by atoms with E-state index in [1.807, 2.05) is 13.0 Å². The molecule has 104 valence electrons. The van der Waals surface area contributed by atoms with Crippen molar-refractivity contribution in [2.75, 3.05) is 19.6 Å². The van der Waals surface area contributed by atoms with Crippen LogP contribution in [0.25, 0.3) is 0 Å². The van der Waals surface area contributed by atoms with Crippen molar-refractivity contribution < 1.29 is 8.42 Å². The summed E-state index contributed by atoms with van der Waals surface area (Å²) in [5.74, 6) is 0. The van der Waals surface area contributed by atoms with Gasteiger partial charge in [0, 0.05) is 25.7 Å². The summed E-state index contributed by atoms with van der Waals surface area (Å²) in [5.41, 5.74) is 0.360. The zero-order valence-corrected chi connectivity index (χ0v) is 12.2. The minimum Gasteiger partial charge on any atom is -0.312 e. The van der Waals surface area contributed by atoms with E-state index >= 15 is 0 Å². The molecule has 1 fully saturated rings. The van der Waals surface area contributed by atoms with E-state index in [2.05, 4.69) is 5.32 Å². The molecule has 1 aromatic carbocycles. The van der Waals surface area contributed by atoms with Crippen molar-refractivity contribution in [1.82, 2.24) is 9.62 Å². The number of nitrogens with zero attached hydrogens (tertiary/aromatic N) is 2. The molecule has 0 aliphatic carbocycles. The maximum atomic E-state index is 12.4. The predicted octanol–water partition coefficient (Wildman–Crippen LogP) is 0.962. The number of halogens is 1. The summed E-state index contributed by atoms with van der Waals surface area (Å²) >= 11 is 0. The maximum Gasteiger partial charge on any atom is 0.243 e. The zero-order chi connectivity index (χ0) is 13.2. The van der Waals surface area contributed by atoms with Gasteiger partial charge in [0.2, 0.25) is 10.0 Å². The number of hydrogen-bond donors (Lipinski definition) is 1. The summed E-state index contributed by atoms with van der Waals surface area (Å²) in [6, 6.07) is 8.24. The fourth-order valence-electron chi connectivity index (χ4n) is 1.99. The Morgan fingerprint density at radius 1 is 1.47 bits per heavy atom. The van der Waals surface area contributed by atoms with Crippen LogP contribution in [0.5, 0.6) is 0 Å². The van der Waals surface area contributed by atoms with Crippen LogP contribution in [-0.4, -0.2) is 38.4 Å². The Morgan fingerprint density at radius 2 is 2.21 bits per heavy atom. The lowest BCUT2D eigenvalue weighted by molar-refractivity contribution is 0.310. The molecule has 1 saturated heterocycles. The molecule has 0 bridgehead atoms. The monoisotopic (exact) mass is 301 g/mol. The third-order valence-electron chi connectivity index (χ3n) is 2.93. The first-order valence-corrected chi connectivity index (χ1v) is 7.22. The van der Waals surface area contributed by atoms with E-state index in [9.17, 15) is 8.42 Å². The smallest absolute Gasteiger partial charge is 0.243 e. The highest BCUT2D eigenvalue weighted by Gasteiger charge is 2.28. The van der Waals surface area contributed by atoms with Gasteiger partial charge in [-0.1, -0.05) is 6.07 Å². The van der Waals surface area contributed by atoms with Crippen molar-refractivity contribution in [2.45, 2.75) is 17.9 Å². The highest BCUT2D eigenvalue weighted by atomic mass is 35.5. The fourth-order valence-corrected chi connectivity index (χ4v) is 3.57. The van der Waals surface area contributed by atoms with Crippen molar-refractivity contribution in [3.8, 4) is 6.07 Å². The lowest BCUT2D eigenvalue weighted by Gasteiger charge is -2.31. The second-order valence-electron chi connectivity index (χ2n) is 4.36. The van der Waals surface area contributed by atoms with Gasteiger partial charge in [0.15, 0.2) is 0 Å². The number of sulfonamides is 1. The number of rotatable bonds is 2. The lowest BCUT2D eigenvalue weighted by Crippen LogP contribution is -2.51.